The monoisotopic (exact) mass is 311 g/mol. The highest BCUT2D eigenvalue weighted by molar-refractivity contribution is 7.18. The maximum atomic E-state index is 12.7. The van der Waals surface area contributed by atoms with Crippen molar-refractivity contribution in [2.75, 3.05) is 51.4 Å². The fraction of sp³-hybridized carbons (Fsp3) is 0.714. The number of amides is 1. The summed E-state index contributed by atoms with van der Waals surface area (Å²) in [6.07, 6.45) is 2.03. The predicted molar refractivity (Wildman–Crippen MR) is 88.1 cm³/mol. The first-order chi connectivity index (χ1) is 9.93. The van der Waals surface area contributed by atoms with Crippen LogP contribution < -0.4 is 10.6 Å². The zero-order chi connectivity index (χ0) is 15.6. The summed E-state index contributed by atoms with van der Waals surface area (Å²) < 4.78 is 0. The maximum absolute atomic E-state index is 12.7. The predicted octanol–water partition coefficient (Wildman–Crippen LogP) is 1.35. The molecule has 6 nitrogen and oxygen atoms in total. The highest BCUT2D eigenvalue weighted by Crippen LogP contribution is 2.29. The fourth-order valence-electron chi connectivity index (χ4n) is 2.48. The van der Waals surface area contributed by atoms with Gasteiger partial charge in [-0.05, 0) is 39.9 Å². The Balaban J connectivity index is 2.10. The van der Waals surface area contributed by atoms with Crippen LogP contribution >= 0.6 is 11.3 Å². The molecule has 2 heterocycles. The number of nitrogens with zero attached hydrogens (tertiary/aromatic N) is 4. The molecule has 0 aliphatic carbocycles. The molecule has 7 heteroatoms. The van der Waals surface area contributed by atoms with Crippen molar-refractivity contribution in [1.29, 1.82) is 0 Å². The molecule has 21 heavy (non-hydrogen) atoms. The van der Waals surface area contributed by atoms with E-state index in [1.54, 1.807) is 0 Å². The lowest BCUT2D eigenvalue weighted by Crippen LogP contribution is -2.44. The van der Waals surface area contributed by atoms with Crippen LogP contribution in [0.5, 0.6) is 0 Å². The van der Waals surface area contributed by atoms with Gasteiger partial charge >= 0.3 is 0 Å². The topological polar surface area (TPSA) is 65.7 Å². The first kappa shape index (κ1) is 16.0. The number of hydrogen-bond acceptors (Lipinski definition) is 6. The summed E-state index contributed by atoms with van der Waals surface area (Å²) in [4.78, 5) is 23.7. The second kappa shape index (κ2) is 6.62. The summed E-state index contributed by atoms with van der Waals surface area (Å²) in [6, 6.07) is 0.294. The first-order valence-electron chi connectivity index (χ1n) is 7.37. The van der Waals surface area contributed by atoms with Crippen molar-refractivity contribution in [2.45, 2.75) is 25.8 Å². The van der Waals surface area contributed by atoms with Gasteiger partial charge in [-0.25, -0.2) is 4.98 Å². The number of nitrogen functional groups attached to an aromatic ring is 1. The van der Waals surface area contributed by atoms with Gasteiger partial charge in [-0.1, -0.05) is 11.3 Å². The van der Waals surface area contributed by atoms with Gasteiger partial charge < -0.3 is 20.4 Å². The molecule has 2 rings (SSSR count). The molecule has 1 aromatic rings. The number of carbonyl (C=O) groups excluding carboxylic acids is 1. The average molecular weight is 311 g/mol. The molecule has 1 amide bonds. The molecule has 0 unspecified atom stereocenters. The Labute approximate surface area is 130 Å². The Morgan fingerprint density at radius 2 is 2.05 bits per heavy atom. The molecule has 0 aromatic carbocycles. The number of anilines is 2. The van der Waals surface area contributed by atoms with Crippen molar-refractivity contribution in [3.8, 4) is 0 Å². The van der Waals surface area contributed by atoms with Crippen molar-refractivity contribution in [1.82, 2.24) is 14.8 Å². The summed E-state index contributed by atoms with van der Waals surface area (Å²) in [6.45, 7) is 4.95. The van der Waals surface area contributed by atoms with Gasteiger partial charge in [-0.3, -0.25) is 4.79 Å². The van der Waals surface area contributed by atoms with Crippen molar-refractivity contribution in [3.05, 3.63) is 4.88 Å². The Bertz CT molecular complexity index is 496. The molecule has 1 aliphatic heterocycles. The van der Waals surface area contributed by atoms with Crippen LogP contribution in [-0.4, -0.2) is 67.5 Å². The molecule has 0 bridgehead atoms. The number of nitrogens with two attached hydrogens (primary N) is 1. The highest BCUT2D eigenvalue weighted by atomic mass is 32.1. The summed E-state index contributed by atoms with van der Waals surface area (Å²) in [5.74, 6) is 0.343. The molecule has 0 saturated carbocycles. The Kier molecular flexibility index (Phi) is 5.05. The van der Waals surface area contributed by atoms with Gasteiger partial charge in [0.15, 0.2) is 5.13 Å². The van der Waals surface area contributed by atoms with Gasteiger partial charge in [-0.2, -0.15) is 0 Å². The number of hydrogen-bond donors (Lipinski definition) is 1. The highest BCUT2D eigenvalue weighted by Gasteiger charge is 2.27. The van der Waals surface area contributed by atoms with E-state index >= 15 is 0 Å². The normalized spacial score (nSPS) is 17.0. The zero-order valence-electron chi connectivity index (χ0n) is 13.3. The van der Waals surface area contributed by atoms with Gasteiger partial charge in [0, 0.05) is 26.7 Å². The fourth-order valence-corrected chi connectivity index (χ4v) is 3.47. The number of piperidine rings is 1. The first-order valence-corrected chi connectivity index (χ1v) is 8.18. The summed E-state index contributed by atoms with van der Waals surface area (Å²) in [7, 11) is 5.94. The van der Waals surface area contributed by atoms with E-state index < -0.39 is 0 Å². The number of rotatable bonds is 4. The van der Waals surface area contributed by atoms with E-state index in [1.807, 2.05) is 30.8 Å². The molecule has 1 aromatic heterocycles. The van der Waals surface area contributed by atoms with E-state index in [9.17, 15) is 4.79 Å². The number of thiazole rings is 1. The van der Waals surface area contributed by atoms with E-state index in [-0.39, 0.29) is 5.91 Å². The Morgan fingerprint density at radius 1 is 1.43 bits per heavy atom. The van der Waals surface area contributed by atoms with Crippen molar-refractivity contribution in [3.63, 3.8) is 0 Å². The van der Waals surface area contributed by atoms with Crippen LogP contribution in [0.25, 0.3) is 0 Å². The Morgan fingerprint density at radius 3 is 2.62 bits per heavy atom. The summed E-state index contributed by atoms with van der Waals surface area (Å²) >= 11 is 1.38. The second-order valence-electron chi connectivity index (χ2n) is 5.68. The van der Waals surface area contributed by atoms with Crippen molar-refractivity contribution < 1.29 is 4.79 Å². The lowest BCUT2D eigenvalue weighted by molar-refractivity contribution is 0.0665. The SMILES string of the molecule is CCN(C)c1nc(N)c(C(=O)N(C)C2CCN(C)CC2)s1. The molecule has 0 spiro atoms. The van der Waals surface area contributed by atoms with Crippen LogP contribution in [0.1, 0.15) is 29.4 Å². The van der Waals surface area contributed by atoms with Crippen molar-refractivity contribution in [2.24, 2.45) is 0 Å². The van der Waals surface area contributed by atoms with Gasteiger partial charge in [0.05, 0.1) is 0 Å². The van der Waals surface area contributed by atoms with E-state index in [2.05, 4.69) is 16.9 Å². The molecule has 1 saturated heterocycles. The largest absolute Gasteiger partial charge is 0.382 e. The van der Waals surface area contributed by atoms with Crippen LogP contribution in [-0.2, 0) is 0 Å². The number of likely N-dealkylation sites (tertiary alicyclic amines) is 1. The third-order valence-corrected chi connectivity index (χ3v) is 5.37. The van der Waals surface area contributed by atoms with Gasteiger partial charge in [-0.15, -0.1) is 0 Å². The molecule has 1 fully saturated rings. The second-order valence-corrected chi connectivity index (χ2v) is 6.65. The summed E-state index contributed by atoms with van der Waals surface area (Å²) in [5, 5.41) is 0.801. The minimum atomic E-state index is -0.00435. The minimum Gasteiger partial charge on any atom is -0.382 e. The van der Waals surface area contributed by atoms with Crippen molar-refractivity contribution >= 4 is 28.2 Å². The lowest BCUT2D eigenvalue weighted by Gasteiger charge is -2.34. The molecule has 2 N–H and O–H groups in total. The van der Waals surface area contributed by atoms with Crippen LogP contribution in [0.3, 0.4) is 0 Å². The molecular formula is C14H25N5OS. The minimum absolute atomic E-state index is 0.00435. The molecule has 1 aliphatic rings. The lowest BCUT2D eigenvalue weighted by atomic mass is 10.0. The molecule has 118 valence electrons. The van der Waals surface area contributed by atoms with Crippen LogP contribution in [0.4, 0.5) is 10.9 Å². The maximum Gasteiger partial charge on any atom is 0.267 e. The Hall–Kier alpha value is -1.34. The number of aromatic nitrogens is 1. The third-order valence-electron chi connectivity index (χ3n) is 4.19. The summed E-state index contributed by atoms with van der Waals surface area (Å²) in [5.41, 5.74) is 5.94. The van der Waals surface area contributed by atoms with Gasteiger partial charge in [0.2, 0.25) is 0 Å². The smallest absolute Gasteiger partial charge is 0.267 e. The van der Waals surface area contributed by atoms with Gasteiger partial charge in [0.25, 0.3) is 5.91 Å². The molecule has 0 atom stereocenters. The van der Waals surface area contributed by atoms with E-state index in [0.717, 1.165) is 37.6 Å². The average Bonchev–Trinajstić information content (AvgIpc) is 2.87. The van der Waals surface area contributed by atoms with E-state index in [1.165, 1.54) is 11.3 Å². The van der Waals surface area contributed by atoms with E-state index in [4.69, 9.17) is 5.73 Å². The van der Waals surface area contributed by atoms with Crippen LogP contribution in [0.15, 0.2) is 0 Å². The quantitative estimate of drug-likeness (QED) is 0.909. The zero-order valence-corrected chi connectivity index (χ0v) is 14.1. The van der Waals surface area contributed by atoms with Gasteiger partial charge in [0.1, 0.15) is 10.7 Å². The van der Waals surface area contributed by atoms with Crippen LogP contribution in [0.2, 0.25) is 0 Å². The molecule has 0 radical (unpaired) electrons. The van der Waals surface area contributed by atoms with Crippen LogP contribution in [0, 0.1) is 0 Å². The third kappa shape index (κ3) is 3.47. The number of carbonyl (C=O) groups is 1. The van der Waals surface area contributed by atoms with E-state index in [0.29, 0.717) is 16.7 Å². The standard InChI is InChI=1S/C14H25N5OS/c1-5-18(3)14-16-12(15)11(21-14)13(20)19(4)10-6-8-17(2)9-7-10/h10H,5-9,15H2,1-4H3. The molecular weight excluding hydrogens is 286 g/mol.